The van der Waals surface area contributed by atoms with Gasteiger partial charge in [-0.3, -0.25) is 28.4 Å². The van der Waals surface area contributed by atoms with Gasteiger partial charge in [-0.05, 0) is 78.1 Å². The molecule has 1 saturated heterocycles. The van der Waals surface area contributed by atoms with Crippen LogP contribution in [0.5, 0.6) is 5.75 Å². The number of ketones is 1. The van der Waals surface area contributed by atoms with Crippen LogP contribution in [0.2, 0.25) is 0 Å². The first-order valence-corrected chi connectivity index (χ1v) is 31.3. The largest absolute Gasteiger partial charge is 0.780 e. The van der Waals surface area contributed by atoms with E-state index in [0.29, 0.717) is 102 Å². The molecular weight excluding hydrogens is 1140 g/mol. The number of azo groups is 1. The number of aryl methyl sites for hydroxylation is 2. The van der Waals surface area contributed by atoms with E-state index in [1.807, 2.05) is 31.2 Å². The minimum absolute atomic E-state index is 0.00255. The zero-order valence-electron chi connectivity index (χ0n) is 43.9. The molecule has 2 atom stereocenters. The number of amides is 2. The molecule has 0 radical (unpaired) electrons. The normalized spacial score (nSPS) is 15.0. The first-order valence-electron chi connectivity index (χ1n) is 24.8. The van der Waals surface area contributed by atoms with Crippen molar-refractivity contribution in [2.45, 2.75) is 54.6 Å². The Labute approximate surface area is 468 Å². The molecular formula is C50H66N4O20PS4-. The molecule has 0 spiro atoms. The average molecular weight is 1200 g/mol. The van der Waals surface area contributed by atoms with Gasteiger partial charge in [-0.25, -0.2) is 0 Å². The average Bonchev–Trinajstić information content (AvgIpc) is 3.85. The van der Waals surface area contributed by atoms with Crippen LogP contribution in [0.3, 0.4) is 0 Å². The van der Waals surface area contributed by atoms with Crippen molar-refractivity contribution in [3.05, 3.63) is 71.3 Å². The number of carbonyl (C=O) groups excluding carboxylic acids is 3. The van der Waals surface area contributed by atoms with E-state index >= 15 is 0 Å². The van der Waals surface area contributed by atoms with Gasteiger partial charge in [0.25, 0.3) is 20.2 Å². The third-order valence-corrected chi connectivity index (χ3v) is 16.5. The number of methoxy groups -OCH3 is 1. The number of thioether (sulfide) groups is 1. The number of fused-ring (bicyclic) bond motifs is 1. The topological polar surface area (TPSA) is 340 Å². The molecule has 1 heterocycles. The zero-order chi connectivity index (χ0) is 57.6. The fourth-order valence-electron chi connectivity index (χ4n) is 7.71. The number of aromatic hydroxyl groups is 1. The van der Waals surface area contributed by atoms with E-state index < -0.39 is 58.8 Å². The summed E-state index contributed by atoms with van der Waals surface area (Å²) in [4.78, 5) is 50.6. The number of phenols is 1. The van der Waals surface area contributed by atoms with Gasteiger partial charge in [0.2, 0.25) is 11.8 Å². The smallest absolute Gasteiger partial charge is 0.296 e. The van der Waals surface area contributed by atoms with E-state index in [4.69, 9.17) is 59.7 Å². The summed E-state index contributed by atoms with van der Waals surface area (Å²) in [5.74, 6) is -1.02. The van der Waals surface area contributed by atoms with Gasteiger partial charge in [-0.1, -0.05) is 42.1 Å². The number of phenolic OH excluding ortho intramolecular Hbond substituents is 1. The van der Waals surface area contributed by atoms with Crippen LogP contribution in [0, 0.1) is 13.8 Å². The molecule has 1 aliphatic heterocycles. The Morgan fingerprint density at radius 2 is 1.24 bits per heavy atom. The van der Waals surface area contributed by atoms with Crippen molar-refractivity contribution in [1.82, 2.24) is 4.90 Å². The zero-order valence-corrected chi connectivity index (χ0v) is 48.1. The number of imide groups is 1. The molecule has 29 heteroatoms. The molecule has 1 fully saturated rings. The van der Waals surface area contributed by atoms with Crippen molar-refractivity contribution in [2.24, 2.45) is 10.2 Å². The van der Waals surface area contributed by atoms with Gasteiger partial charge in [0.05, 0.1) is 115 Å². The van der Waals surface area contributed by atoms with Gasteiger partial charge in [0.15, 0.2) is 5.75 Å². The number of likely N-dealkylation sites (tertiary alicyclic amines) is 1. The van der Waals surface area contributed by atoms with E-state index in [9.17, 15) is 50.3 Å². The monoisotopic (exact) mass is 1200 g/mol. The highest BCUT2D eigenvalue weighted by Gasteiger charge is 2.38. The summed E-state index contributed by atoms with van der Waals surface area (Å²) in [6.07, 6.45) is 0.708. The Kier molecular flexibility index (Phi) is 26.7. The quantitative estimate of drug-likeness (QED) is 0.0108. The van der Waals surface area contributed by atoms with Crippen molar-refractivity contribution in [1.29, 1.82) is 0 Å². The number of ether oxygens (including phenoxy) is 7. The molecule has 0 aromatic heterocycles. The predicted molar refractivity (Wildman–Crippen MR) is 294 cm³/mol. The van der Waals surface area contributed by atoms with Gasteiger partial charge in [0.1, 0.15) is 28.0 Å². The van der Waals surface area contributed by atoms with Crippen LogP contribution in [0.4, 0.5) is 17.1 Å². The molecule has 5 rings (SSSR count). The minimum Gasteiger partial charge on any atom is -0.780 e. The van der Waals surface area contributed by atoms with Crippen LogP contribution >= 0.6 is 18.5 Å². The number of nitrogens with two attached hydrogens (primary N) is 1. The van der Waals surface area contributed by atoms with Crippen molar-refractivity contribution < 1.29 is 92.5 Å². The number of Topliss-reactive ketones (excluding diaryl/α,β-unsaturated/α-hetero) is 1. The summed E-state index contributed by atoms with van der Waals surface area (Å²) < 4.78 is 115. The van der Waals surface area contributed by atoms with Crippen molar-refractivity contribution in [3.8, 4) is 16.9 Å². The van der Waals surface area contributed by atoms with Gasteiger partial charge >= 0.3 is 0 Å². The van der Waals surface area contributed by atoms with Crippen molar-refractivity contribution in [2.75, 3.05) is 124 Å². The SMILES string of the molecule is COCCOCCOCCOCCOCCOCCOP([O-])(=S)OCCOCCCSC1CC(=O)N(CCC(=O)Cc2ccc(-c3ccc(N=Nc4ccc5c(S(=O)(=O)O)cc(S(=O)(=O)O)c(N)c5c4O)c(C)c3)cc2C)C1=O. The fourth-order valence-corrected chi connectivity index (χ4v) is 11.4. The number of carbonyl (C=O) groups is 3. The molecule has 2 unspecified atom stereocenters. The third-order valence-electron chi connectivity index (χ3n) is 11.7. The van der Waals surface area contributed by atoms with Crippen LogP contribution in [0.15, 0.2) is 74.6 Å². The maximum Gasteiger partial charge on any atom is 0.296 e. The number of benzene rings is 4. The van der Waals surface area contributed by atoms with Crippen molar-refractivity contribution >= 4 is 96.0 Å². The molecule has 79 heavy (non-hydrogen) atoms. The summed E-state index contributed by atoms with van der Waals surface area (Å²) in [6, 6.07) is 13.7. The first-order chi connectivity index (χ1) is 37.6. The number of hydrogen-bond acceptors (Lipinski definition) is 23. The number of rotatable bonds is 38. The molecule has 2 amide bonds. The predicted octanol–water partition coefficient (Wildman–Crippen LogP) is 5.44. The van der Waals surface area contributed by atoms with E-state index in [1.165, 1.54) is 17.8 Å². The second-order valence-electron chi connectivity index (χ2n) is 17.5. The van der Waals surface area contributed by atoms with Gasteiger partial charge < -0.3 is 57.9 Å². The van der Waals surface area contributed by atoms with Crippen LogP contribution in [0.1, 0.15) is 36.0 Å². The molecule has 0 saturated carbocycles. The Hall–Kier alpha value is -4.43. The highest BCUT2D eigenvalue weighted by atomic mass is 32.5. The highest BCUT2D eigenvalue weighted by Crippen LogP contribution is 2.44. The lowest BCUT2D eigenvalue weighted by Crippen LogP contribution is -2.33. The Bertz CT molecular complexity index is 3020. The standard InChI is InChI=1S/C50H67N4O20PS4/c1-34-29-37(38-7-9-41(35(2)30-38)52-53-42-10-8-40-44(78(60,61)62)33-45(79(63,64)65)48(51)47(40)49(42)57)6-5-36(34)31-39(55)11-12-54-46(56)32-43(50(54)58)77-28-4-13-67-24-26-73-75(59,76)74-27-25-72-23-22-71-21-20-70-19-18-69-17-16-68-15-14-66-3/h5-10,29-30,33,43,57H,4,11-28,31-32,51H2,1-3H3,(H,59,76)(H,60,61,62)(H,63,64,65)/p-1. The Balaban J connectivity index is 0.943. The molecule has 1 aliphatic rings. The highest BCUT2D eigenvalue weighted by molar-refractivity contribution is 8.06. The van der Waals surface area contributed by atoms with E-state index in [0.717, 1.165) is 33.2 Å². The van der Waals surface area contributed by atoms with Crippen LogP contribution in [-0.2, 0) is 95.1 Å². The maximum absolute atomic E-state index is 13.1. The maximum atomic E-state index is 13.1. The lowest BCUT2D eigenvalue weighted by atomic mass is 9.95. The van der Waals surface area contributed by atoms with E-state index in [1.54, 1.807) is 26.2 Å². The summed E-state index contributed by atoms with van der Waals surface area (Å²) in [5, 5.41) is 17.9. The molecule has 436 valence electrons. The number of nitrogen functional groups attached to an aromatic ring is 1. The molecule has 4 aromatic carbocycles. The molecule has 5 N–H and O–H groups in total. The summed E-state index contributed by atoms with van der Waals surface area (Å²) in [5.41, 5.74) is 9.35. The molecule has 4 aromatic rings. The van der Waals surface area contributed by atoms with Crippen molar-refractivity contribution in [3.63, 3.8) is 0 Å². The lowest BCUT2D eigenvalue weighted by molar-refractivity contribution is -0.208. The van der Waals surface area contributed by atoms with Crippen LogP contribution in [0.25, 0.3) is 21.9 Å². The van der Waals surface area contributed by atoms with Crippen LogP contribution < -0.4 is 10.6 Å². The number of anilines is 1. The number of hydrogen-bond donors (Lipinski definition) is 4. The summed E-state index contributed by atoms with van der Waals surface area (Å²) in [6.45, 7) is 4.84. The Morgan fingerprint density at radius 1 is 0.734 bits per heavy atom. The second kappa shape index (κ2) is 32.3. The first kappa shape index (κ1) is 65.4. The summed E-state index contributed by atoms with van der Waals surface area (Å²) >= 11 is 6.27. The number of nitrogens with zero attached hydrogens (tertiary/aromatic N) is 3. The lowest BCUT2D eigenvalue weighted by Gasteiger charge is -2.27. The minimum atomic E-state index is -5.08. The molecule has 0 bridgehead atoms. The van der Waals surface area contributed by atoms with Crippen LogP contribution in [-0.4, -0.2) is 177 Å². The molecule has 24 nitrogen and oxygen atoms in total. The molecule has 0 aliphatic carbocycles. The van der Waals surface area contributed by atoms with E-state index in [2.05, 4.69) is 10.2 Å². The van der Waals surface area contributed by atoms with Gasteiger partial charge in [0, 0.05) is 44.9 Å². The van der Waals surface area contributed by atoms with Gasteiger partial charge in [-0.2, -0.15) is 21.9 Å². The third kappa shape index (κ3) is 21.1. The van der Waals surface area contributed by atoms with Gasteiger partial charge in [-0.15, -0.1) is 16.9 Å². The summed E-state index contributed by atoms with van der Waals surface area (Å²) in [7, 11) is -8.50. The second-order valence-corrected chi connectivity index (χ2v) is 24.3. The van der Waals surface area contributed by atoms with E-state index in [-0.39, 0.29) is 80.9 Å². The fraction of sp³-hybridized carbons (Fsp3) is 0.500. The Morgan fingerprint density at radius 3 is 1.78 bits per heavy atom.